The summed E-state index contributed by atoms with van der Waals surface area (Å²) in [6, 6.07) is 83.7. The van der Waals surface area contributed by atoms with Gasteiger partial charge < -0.3 is 0 Å². The minimum Gasteiger partial charge on any atom is -0.228 e. The van der Waals surface area contributed by atoms with Crippen LogP contribution in [-0.4, -0.2) is 9.97 Å². The van der Waals surface area contributed by atoms with Crippen LogP contribution in [0.4, 0.5) is 0 Å². The van der Waals surface area contributed by atoms with E-state index in [0.29, 0.717) is 5.82 Å². The molecule has 296 valence electrons. The van der Waals surface area contributed by atoms with Crippen molar-refractivity contribution >= 4 is 64.6 Å². The number of rotatable bonds is 6. The molecule has 13 rings (SSSR count). The summed E-state index contributed by atoms with van der Waals surface area (Å²) in [5.74, 6) is 0.708. The molecule has 0 amide bonds. The average molecular weight is 811 g/mol. The second kappa shape index (κ2) is 14.6. The molecule has 0 aliphatic carbocycles. The highest BCUT2D eigenvalue weighted by Gasteiger charge is 2.17. The van der Waals surface area contributed by atoms with Crippen molar-refractivity contribution in [3.05, 3.63) is 231 Å². The third-order valence-corrected chi connectivity index (χ3v) is 13.2. The zero-order chi connectivity index (χ0) is 42.1. The molecule has 0 unspecified atom stereocenters. The van der Waals surface area contributed by atoms with E-state index in [1.165, 1.54) is 92.5 Å². The van der Waals surface area contributed by atoms with Gasteiger partial charge in [0.15, 0.2) is 5.82 Å². The van der Waals surface area contributed by atoms with Crippen molar-refractivity contribution in [3.8, 4) is 67.3 Å². The summed E-state index contributed by atoms with van der Waals surface area (Å²) >= 11 is 0. The number of nitrogens with zero attached hydrogens (tertiary/aromatic N) is 2. The largest absolute Gasteiger partial charge is 0.228 e. The molecule has 0 aliphatic heterocycles. The number of hydrogen-bond donors (Lipinski definition) is 0. The molecule has 0 bridgehead atoms. The number of hydrogen-bond acceptors (Lipinski definition) is 2. The Morgan fingerprint density at radius 2 is 0.594 bits per heavy atom. The molecule has 0 spiro atoms. The lowest BCUT2D eigenvalue weighted by Gasteiger charge is -2.17. The smallest absolute Gasteiger partial charge is 0.160 e. The van der Waals surface area contributed by atoms with Gasteiger partial charge in [0, 0.05) is 16.7 Å². The van der Waals surface area contributed by atoms with Gasteiger partial charge in [0.25, 0.3) is 0 Å². The monoisotopic (exact) mass is 810 g/mol. The van der Waals surface area contributed by atoms with E-state index in [0.717, 1.165) is 33.6 Å². The molecule has 0 radical (unpaired) electrons. The van der Waals surface area contributed by atoms with Crippen LogP contribution in [0.5, 0.6) is 0 Å². The molecular weight excluding hydrogens is 773 g/mol. The van der Waals surface area contributed by atoms with E-state index in [4.69, 9.17) is 9.97 Å². The third kappa shape index (κ3) is 5.95. The van der Waals surface area contributed by atoms with Crippen LogP contribution in [0.3, 0.4) is 0 Å². The van der Waals surface area contributed by atoms with Gasteiger partial charge >= 0.3 is 0 Å². The van der Waals surface area contributed by atoms with Gasteiger partial charge in [0.05, 0.1) is 11.4 Å². The van der Waals surface area contributed by atoms with Crippen molar-refractivity contribution in [1.29, 1.82) is 0 Å². The van der Waals surface area contributed by atoms with E-state index in [1.54, 1.807) is 0 Å². The highest BCUT2D eigenvalue weighted by molar-refractivity contribution is 6.37. The number of aromatic nitrogens is 2. The SMILES string of the molecule is c1ccc(-c2ccc(-c3cc(-c4ccc(-c5cccc(-c6cc7ccc8cccc9c%10cccc%11ccc%12cccc(c(c6)c7c89)c%12c%11%10)c5)cc4)nc(-c4ccccc4)n3)cc2)cc1. The van der Waals surface area contributed by atoms with Gasteiger partial charge in [-0.15, -0.1) is 0 Å². The van der Waals surface area contributed by atoms with Gasteiger partial charge in [-0.3, -0.25) is 0 Å². The molecule has 13 aromatic rings. The van der Waals surface area contributed by atoms with Gasteiger partial charge in [-0.1, -0.05) is 206 Å². The van der Waals surface area contributed by atoms with Crippen molar-refractivity contribution in [1.82, 2.24) is 9.97 Å². The van der Waals surface area contributed by atoms with E-state index in [2.05, 4.69) is 206 Å². The number of benzene rings is 11. The highest BCUT2D eigenvalue weighted by atomic mass is 14.9. The molecule has 0 N–H and O–H groups in total. The van der Waals surface area contributed by atoms with E-state index in [1.807, 2.05) is 24.3 Å². The minimum absolute atomic E-state index is 0.708. The maximum atomic E-state index is 5.12. The topological polar surface area (TPSA) is 25.8 Å². The van der Waals surface area contributed by atoms with E-state index in [9.17, 15) is 0 Å². The Morgan fingerprint density at radius 1 is 0.203 bits per heavy atom. The standard InChI is InChI=1S/C62H38N2/c1-3-11-39(12-4-1)40-23-27-42(28-24-40)56-38-57(64-62(63-56)47-13-5-2-6-14-47)43-29-25-41(26-30-43)48-18-7-19-49(35-48)51-36-50-34-33-46-16-9-21-53-52-20-8-15-44-31-32-45-17-10-22-54(60(45)58(44)52)55(37-51)61(50)59(46)53/h1-38H. The van der Waals surface area contributed by atoms with Crippen molar-refractivity contribution < 1.29 is 0 Å². The first-order valence-corrected chi connectivity index (χ1v) is 22.0. The molecule has 0 atom stereocenters. The molecule has 0 saturated carbocycles. The van der Waals surface area contributed by atoms with Gasteiger partial charge in [-0.25, -0.2) is 9.97 Å². The molecule has 0 saturated heterocycles. The Bertz CT molecular complexity index is 3900. The van der Waals surface area contributed by atoms with Crippen LogP contribution in [0.15, 0.2) is 231 Å². The van der Waals surface area contributed by atoms with Gasteiger partial charge in [0.1, 0.15) is 0 Å². The molecule has 2 nitrogen and oxygen atoms in total. The quantitative estimate of drug-likeness (QED) is 0.156. The minimum atomic E-state index is 0.708. The van der Waals surface area contributed by atoms with E-state index >= 15 is 0 Å². The lowest BCUT2D eigenvalue weighted by Crippen LogP contribution is -1.96. The van der Waals surface area contributed by atoms with Gasteiger partial charge in [0.2, 0.25) is 0 Å². The van der Waals surface area contributed by atoms with Crippen LogP contribution >= 0.6 is 0 Å². The lowest BCUT2D eigenvalue weighted by atomic mass is 9.86. The Kier molecular flexibility index (Phi) is 8.25. The summed E-state index contributed by atoms with van der Waals surface area (Å²) in [6.45, 7) is 0. The average Bonchev–Trinajstić information content (AvgIpc) is 3.37. The van der Waals surface area contributed by atoms with Gasteiger partial charge in [-0.2, -0.15) is 0 Å². The highest BCUT2D eigenvalue weighted by Crippen LogP contribution is 2.45. The normalized spacial score (nSPS) is 11.8. The summed E-state index contributed by atoms with van der Waals surface area (Å²) in [6.07, 6.45) is 0. The van der Waals surface area contributed by atoms with Crippen molar-refractivity contribution in [3.63, 3.8) is 0 Å². The summed E-state index contributed by atoms with van der Waals surface area (Å²) in [7, 11) is 0. The fourth-order valence-electron chi connectivity index (χ4n) is 10.1. The fraction of sp³-hybridized carbons (Fsp3) is 0. The Hall–Kier alpha value is -8.46. The molecular formula is C62H38N2. The van der Waals surface area contributed by atoms with Crippen molar-refractivity contribution in [2.75, 3.05) is 0 Å². The molecule has 0 aliphatic rings. The predicted octanol–water partition coefficient (Wildman–Crippen LogP) is 16.8. The molecule has 2 heteroatoms. The van der Waals surface area contributed by atoms with Crippen LogP contribution < -0.4 is 0 Å². The Balaban J connectivity index is 0.918. The first-order chi connectivity index (χ1) is 31.7. The first-order valence-electron chi connectivity index (χ1n) is 22.0. The zero-order valence-corrected chi connectivity index (χ0v) is 34.8. The van der Waals surface area contributed by atoms with Crippen molar-refractivity contribution in [2.45, 2.75) is 0 Å². The summed E-state index contributed by atoms with van der Waals surface area (Å²) in [5.41, 5.74) is 11.9. The van der Waals surface area contributed by atoms with Crippen LogP contribution in [0.25, 0.3) is 132 Å². The van der Waals surface area contributed by atoms with Crippen LogP contribution in [-0.2, 0) is 0 Å². The molecule has 64 heavy (non-hydrogen) atoms. The molecule has 1 heterocycles. The van der Waals surface area contributed by atoms with Crippen LogP contribution in [0.2, 0.25) is 0 Å². The lowest BCUT2D eigenvalue weighted by molar-refractivity contribution is 1.18. The maximum Gasteiger partial charge on any atom is 0.160 e. The molecule has 1 aromatic heterocycles. The third-order valence-electron chi connectivity index (χ3n) is 13.2. The fourth-order valence-corrected chi connectivity index (χ4v) is 10.1. The predicted molar refractivity (Wildman–Crippen MR) is 271 cm³/mol. The van der Waals surface area contributed by atoms with Crippen molar-refractivity contribution in [2.24, 2.45) is 0 Å². The van der Waals surface area contributed by atoms with Crippen LogP contribution in [0, 0.1) is 0 Å². The molecule has 0 fully saturated rings. The Morgan fingerprint density at radius 3 is 1.14 bits per heavy atom. The maximum absolute atomic E-state index is 5.12. The zero-order valence-electron chi connectivity index (χ0n) is 34.8. The summed E-state index contributed by atoms with van der Waals surface area (Å²) in [4.78, 5) is 10.2. The summed E-state index contributed by atoms with van der Waals surface area (Å²) < 4.78 is 0. The van der Waals surface area contributed by atoms with E-state index < -0.39 is 0 Å². The second-order valence-electron chi connectivity index (χ2n) is 16.9. The number of fused-ring (bicyclic) bond motifs is 2. The van der Waals surface area contributed by atoms with Gasteiger partial charge in [-0.05, 0) is 122 Å². The molecule has 12 aromatic carbocycles. The van der Waals surface area contributed by atoms with E-state index in [-0.39, 0.29) is 0 Å². The first kappa shape index (κ1) is 36.2. The summed E-state index contributed by atoms with van der Waals surface area (Å²) in [5, 5.41) is 15.5. The van der Waals surface area contributed by atoms with Crippen LogP contribution in [0.1, 0.15) is 0 Å². The Labute approximate surface area is 370 Å². The second-order valence-corrected chi connectivity index (χ2v) is 16.9.